The Labute approximate surface area is 172 Å². The maximum absolute atomic E-state index is 12.3. The van der Waals surface area contributed by atoms with E-state index >= 15 is 0 Å². The van der Waals surface area contributed by atoms with E-state index in [2.05, 4.69) is 26.4 Å². The van der Waals surface area contributed by atoms with Crippen molar-refractivity contribution in [1.29, 1.82) is 0 Å². The molecule has 7 nitrogen and oxygen atoms in total. The van der Waals surface area contributed by atoms with Gasteiger partial charge in [0.25, 0.3) is 0 Å². The van der Waals surface area contributed by atoms with Crippen molar-refractivity contribution in [1.82, 2.24) is 20.1 Å². The van der Waals surface area contributed by atoms with Gasteiger partial charge in [0.2, 0.25) is 5.91 Å². The summed E-state index contributed by atoms with van der Waals surface area (Å²) >= 11 is 6.58. The van der Waals surface area contributed by atoms with E-state index in [-0.39, 0.29) is 18.2 Å². The van der Waals surface area contributed by atoms with E-state index in [1.807, 2.05) is 36.3 Å². The molecule has 148 valence electrons. The molecule has 1 aromatic carbocycles. The van der Waals surface area contributed by atoms with Gasteiger partial charge in [-0.3, -0.25) is 19.3 Å². The first-order valence-corrected chi connectivity index (χ1v) is 9.99. The molecular formula is C21H20ClN5O2. The number of ketones is 1. The number of hydrogen-bond acceptors (Lipinski definition) is 5. The number of anilines is 1. The highest BCUT2D eigenvalue weighted by molar-refractivity contribution is 6.34. The predicted molar refractivity (Wildman–Crippen MR) is 111 cm³/mol. The Hall–Kier alpha value is -2.93. The first-order chi connectivity index (χ1) is 14.0. The molecule has 0 aliphatic carbocycles. The average molecular weight is 410 g/mol. The van der Waals surface area contributed by atoms with Gasteiger partial charge < -0.3 is 10.2 Å². The molecule has 1 amide bonds. The van der Waals surface area contributed by atoms with Crippen LogP contribution >= 0.6 is 11.6 Å². The number of aromatic nitrogens is 3. The van der Waals surface area contributed by atoms with Crippen LogP contribution in [-0.2, 0) is 16.6 Å². The molecule has 29 heavy (non-hydrogen) atoms. The molecule has 0 atom stereocenters. The van der Waals surface area contributed by atoms with Crippen molar-refractivity contribution >= 4 is 39.9 Å². The predicted octanol–water partition coefficient (Wildman–Crippen LogP) is 2.57. The highest BCUT2D eigenvalue weighted by Gasteiger charge is 2.51. The third-order valence-corrected chi connectivity index (χ3v) is 6.52. The summed E-state index contributed by atoms with van der Waals surface area (Å²) in [6.45, 7) is 1.32. The number of aryl methyl sites for hydroxylation is 1. The lowest BCUT2D eigenvalue weighted by atomic mass is 9.76. The lowest BCUT2D eigenvalue weighted by Gasteiger charge is -2.38. The van der Waals surface area contributed by atoms with Crippen molar-refractivity contribution < 1.29 is 9.59 Å². The van der Waals surface area contributed by atoms with Crippen molar-refractivity contribution in [2.75, 3.05) is 24.5 Å². The van der Waals surface area contributed by atoms with Crippen molar-refractivity contribution in [2.24, 2.45) is 12.5 Å². The Morgan fingerprint density at radius 3 is 2.66 bits per heavy atom. The van der Waals surface area contributed by atoms with E-state index in [4.69, 9.17) is 11.6 Å². The minimum Gasteiger partial charge on any atom is -0.370 e. The maximum atomic E-state index is 12.3. The Morgan fingerprint density at radius 2 is 1.93 bits per heavy atom. The number of rotatable bonds is 2. The number of nitrogens with one attached hydrogen (secondary N) is 1. The fourth-order valence-electron chi connectivity index (χ4n) is 4.54. The molecule has 0 saturated carbocycles. The molecule has 0 radical (unpaired) electrons. The SMILES string of the molecule is Cn1ncc2cc(-c3cncc(Cl)c3N3CCC4(CC3)C(=O)CNC4=O)ccc21. The Morgan fingerprint density at radius 1 is 1.14 bits per heavy atom. The van der Waals surface area contributed by atoms with E-state index in [9.17, 15) is 9.59 Å². The summed E-state index contributed by atoms with van der Waals surface area (Å²) in [6, 6.07) is 6.16. The molecule has 2 aromatic heterocycles. The zero-order chi connectivity index (χ0) is 20.2. The summed E-state index contributed by atoms with van der Waals surface area (Å²) in [6.07, 6.45) is 6.29. The maximum Gasteiger partial charge on any atom is 0.234 e. The number of carbonyl (C=O) groups excluding carboxylic acids is 2. The van der Waals surface area contributed by atoms with Gasteiger partial charge >= 0.3 is 0 Å². The van der Waals surface area contributed by atoms with Crippen LogP contribution in [0.2, 0.25) is 5.02 Å². The van der Waals surface area contributed by atoms with Gasteiger partial charge in [-0.2, -0.15) is 5.10 Å². The van der Waals surface area contributed by atoms with Gasteiger partial charge in [-0.1, -0.05) is 17.7 Å². The fourth-order valence-corrected chi connectivity index (χ4v) is 4.81. The molecule has 0 unspecified atom stereocenters. The molecule has 1 spiro atoms. The number of benzene rings is 1. The number of pyridine rings is 1. The summed E-state index contributed by atoms with van der Waals surface area (Å²) in [5.74, 6) is -0.129. The van der Waals surface area contributed by atoms with Gasteiger partial charge in [-0.05, 0) is 30.5 Å². The minimum absolute atomic E-state index is 0.00484. The first kappa shape index (κ1) is 18.1. The smallest absolute Gasteiger partial charge is 0.234 e. The van der Waals surface area contributed by atoms with Gasteiger partial charge in [0.05, 0.1) is 29.0 Å². The number of carbonyl (C=O) groups is 2. The molecule has 3 aromatic rings. The third kappa shape index (κ3) is 2.72. The zero-order valence-corrected chi connectivity index (χ0v) is 16.7. The standard InChI is InChI=1S/C21H20ClN5O2/c1-26-17-3-2-13(8-14(17)9-25-26)15-10-23-11-16(22)19(15)27-6-4-21(5-7-27)18(28)12-24-20(21)29/h2-3,8-11H,4-7,12H2,1H3,(H,24,29). The number of hydrogen-bond donors (Lipinski definition) is 1. The monoisotopic (exact) mass is 409 g/mol. The van der Waals surface area contributed by atoms with E-state index in [1.165, 1.54) is 0 Å². The lowest BCUT2D eigenvalue weighted by molar-refractivity contribution is -0.136. The van der Waals surface area contributed by atoms with E-state index in [1.54, 1.807) is 6.20 Å². The average Bonchev–Trinajstić information content (AvgIpc) is 3.23. The topological polar surface area (TPSA) is 80.1 Å². The highest BCUT2D eigenvalue weighted by atomic mass is 35.5. The van der Waals surface area contributed by atoms with Gasteiger partial charge in [0.1, 0.15) is 5.41 Å². The van der Waals surface area contributed by atoms with Crippen molar-refractivity contribution in [2.45, 2.75) is 12.8 Å². The second kappa shape index (κ2) is 6.56. The molecule has 8 heteroatoms. The van der Waals surface area contributed by atoms with Gasteiger partial charge in [-0.25, -0.2) is 0 Å². The van der Waals surface area contributed by atoms with Crippen molar-refractivity contribution in [3.05, 3.63) is 41.8 Å². The molecule has 2 fully saturated rings. The van der Waals surface area contributed by atoms with Crippen molar-refractivity contribution in [3.63, 3.8) is 0 Å². The second-order valence-corrected chi connectivity index (χ2v) is 8.14. The van der Waals surface area contributed by atoms with Gasteiger partial charge in [0.15, 0.2) is 5.78 Å². The summed E-state index contributed by atoms with van der Waals surface area (Å²) in [5, 5.41) is 8.62. The fraction of sp³-hybridized carbons (Fsp3) is 0.333. The molecule has 2 aliphatic heterocycles. The lowest BCUT2D eigenvalue weighted by Crippen LogP contribution is -2.47. The summed E-state index contributed by atoms with van der Waals surface area (Å²) in [7, 11) is 1.92. The number of halogens is 1. The van der Waals surface area contributed by atoms with Crippen molar-refractivity contribution in [3.8, 4) is 11.1 Å². The number of piperidine rings is 1. The second-order valence-electron chi connectivity index (χ2n) is 7.73. The Kier molecular flexibility index (Phi) is 4.10. The quantitative estimate of drug-likeness (QED) is 0.658. The molecule has 5 rings (SSSR count). The van der Waals surface area contributed by atoms with Crippen LogP contribution in [0.15, 0.2) is 36.8 Å². The Bertz CT molecular complexity index is 1130. The Balaban J connectivity index is 1.51. The highest BCUT2D eigenvalue weighted by Crippen LogP contribution is 2.42. The molecule has 2 saturated heterocycles. The summed E-state index contributed by atoms with van der Waals surface area (Å²) in [5.41, 5.74) is 3.01. The van der Waals surface area contributed by atoms with Crippen LogP contribution in [0.3, 0.4) is 0 Å². The van der Waals surface area contributed by atoms with Crippen LogP contribution in [0.4, 0.5) is 5.69 Å². The number of nitrogens with zero attached hydrogens (tertiary/aromatic N) is 4. The van der Waals surface area contributed by atoms with E-state index in [0.29, 0.717) is 31.0 Å². The molecule has 4 heterocycles. The van der Waals surface area contributed by atoms with E-state index < -0.39 is 5.41 Å². The van der Waals surface area contributed by atoms with Gasteiger partial charge in [-0.15, -0.1) is 0 Å². The first-order valence-electron chi connectivity index (χ1n) is 9.62. The van der Waals surface area contributed by atoms with Crippen LogP contribution in [0.5, 0.6) is 0 Å². The third-order valence-electron chi connectivity index (χ3n) is 6.24. The molecular weight excluding hydrogens is 390 g/mol. The van der Waals surface area contributed by atoms with Crippen LogP contribution in [0.1, 0.15) is 12.8 Å². The zero-order valence-electron chi connectivity index (χ0n) is 16.0. The number of fused-ring (bicyclic) bond motifs is 1. The number of Topliss-reactive ketones (excluding diaryl/α,β-unsaturated/α-hetero) is 1. The van der Waals surface area contributed by atoms with E-state index in [0.717, 1.165) is 27.7 Å². The summed E-state index contributed by atoms with van der Waals surface area (Å²) in [4.78, 5) is 31.1. The van der Waals surface area contributed by atoms with Gasteiger partial charge in [0, 0.05) is 43.5 Å². The van der Waals surface area contributed by atoms with Crippen LogP contribution in [0, 0.1) is 5.41 Å². The van der Waals surface area contributed by atoms with Crippen LogP contribution in [0.25, 0.3) is 22.0 Å². The van der Waals surface area contributed by atoms with Crippen LogP contribution < -0.4 is 10.2 Å². The largest absolute Gasteiger partial charge is 0.370 e. The normalized spacial score (nSPS) is 18.6. The summed E-state index contributed by atoms with van der Waals surface area (Å²) < 4.78 is 1.84. The van der Waals surface area contributed by atoms with Crippen LogP contribution in [-0.4, -0.2) is 46.1 Å². The molecule has 0 bridgehead atoms. The molecule has 1 N–H and O–H groups in total. The molecule has 2 aliphatic rings. The minimum atomic E-state index is -0.870. The number of amides is 1.